The first-order valence-electron chi connectivity index (χ1n) is 10.8. The van der Waals surface area contributed by atoms with Crippen LogP contribution in [0.4, 0.5) is 0 Å². The molecule has 3 aromatic rings. The van der Waals surface area contributed by atoms with E-state index in [1.54, 1.807) is 22.1 Å². The van der Waals surface area contributed by atoms with Crippen LogP contribution in [0.15, 0.2) is 50.9 Å². The predicted molar refractivity (Wildman–Crippen MR) is 135 cm³/mol. The predicted octanol–water partition coefficient (Wildman–Crippen LogP) is 5.32. The number of pyridine rings is 1. The summed E-state index contributed by atoms with van der Waals surface area (Å²) in [5.41, 5.74) is 4.79. The molecule has 0 unspecified atom stereocenters. The lowest BCUT2D eigenvalue weighted by molar-refractivity contribution is 0.254. The number of hydrogen-bond acceptors (Lipinski definition) is 4. The van der Waals surface area contributed by atoms with Gasteiger partial charge in [0.2, 0.25) is 0 Å². The van der Waals surface area contributed by atoms with Crippen molar-refractivity contribution in [1.29, 1.82) is 0 Å². The molecule has 2 aliphatic rings. The second kappa shape index (κ2) is 9.07. The quantitative estimate of drug-likeness (QED) is 0.401. The van der Waals surface area contributed by atoms with E-state index in [2.05, 4.69) is 49.0 Å². The number of rotatable bonds is 3. The fourth-order valence-electron chi connectivity index (χ4n) is 5.13. The lowest BCUT2D eigenvalue weighted by Gasteiger charge is -2.36. The summed E-state index contributed by atoms with van der Waals surface area (Å²) in [6.45, 7) is 0.930. The summed E-state index contributed by atoms with van der Waals surface area (Å²) in [4.78, 5) is 8.94. The van der Waals surface area contributed by atoms with Crippen molar-refractivity contribution in [3.8, 4) is 0 Å². The maximum absolute atomic E-state index is 13.1. The largest absolute Gasteiger partial charge is 0.339 e. The van der Waals surface area contributed by atoms with Crippen molar-refractivity contribution in [2.24, 2.45) is 13.0 Å². The van der Waals surface area contributed by atoms with Crippen molar-refractivity contribution in [2.75, 3.05) is 13.1 Å². The molecule has 2 aromatic heterocycles. The average molecular weight is 615 g/mol. The van der Waals surface area contributed by atoms with Crippen molar-refractivity contribution in [2.45, 2.75) is 36.6 Å². The number of sulfonamides is 1. The highest BCUT2D eigenvalue weighted by Crippen LogP contribution is 2.46. The number of fused-ring (bicyclic) bond motifs is 2. The zero-order valence-corrected chi connectivity index (χ0v) is 22.8. The first kappa shape index (κ1) is 23.5. The molecule has 1 atom stereocenters. The summed E-state index contributed by atoms with van der Waals surface area (Å²) in [5, 5.41) is 0.827. The molecule has 1 aliphatic carbocycles. The first-order chi connectivity index (χ1) is 15.7. The second-order valence-electron chi connectivity index (χ2n) is 8.75. The Bertz CT molecular complexity index is 1320. The highest BCUT2D eigenvalue weighted by Gasteiger charge is 2.38. The Labute approximate surface area is 215 Å². The Morgan fingerprint density at radius 3 is 2.48 bits per heavy atom. The van der Waals surface area contributed by atoms with Crippen LogP contribution in [-0.2, 0) is 29.9 Å². The van der Waals surface area contributed by atoms with Gasteiger partial charge in [0, 0.05) is 52.4 Å². The van der Waals surface area contributed by atoms with Gasteiger partial charge in [-0.15, -0.1) is 0 Å². The number of aromatic nitrogens is 3. The van der Waals surface area contributed by atoms with Crippen molar-refractivity contribution in [3.63, 3.8) is 0 Å². The lowest BCUT2D eigenvalue weighted by Crippen LogP contribution is -2.40. The highest BCUT2D eigenvalue weighted by molar-refractivity contribution is 9.10. The normalized spacial score (nSPS) is 19.7. The molecule has 1 aromatic carbocycles. The third-order valence-electron chi connectivity index (χ3n) is 6.67. The Kier molecular flexibility index (Phi) is 6.46. The standard InChI is InChI=1S/C23H23Br2ClN4O2S/c1-29-12-20(28-13-29)33(31,32)30-6-4-14(5-7-30)22-21-15(9-18(26)10-19(21)25)2-3-16-8-17(24)11-27-23(16)22/h8-14,22H,2-7H2,1H3/t22-/m1/s1. The van der Waals surface area contributed by atoms with E-state index in [0.29, 0.717) is 13.1 Å². The van der Waals surface area contributed by atoms with E-state index in [0.717, 1.165) is 45.3 Å². The van der Waals surface area contributed by atoms with Crippen LogP contribution in [-0.4, -0.2) is 40.3 Å². The molecule has 174 valence electrons. The van der Waals surface area contributed by atoms with E-state index in [1.807, 2.05) is 12.3 Å². The number of benzene rings is 1. The van der Waals surface area contributed by atoms with Crippen LogP contribution in [0.2, 0.25) is 5.02 Å². The molecule has 10 heteroatoms. The molecule has 1 fully saturated rings. The van der Waals surface area contributed by atoms with E-state index in [9.17, 15) is 8.42 Å². The van der Waals surface area contributed by atoms with Crippen molar-refractivity contribution in [3.05, 3.63) is 73.3 Å². The Morgan fingerprint density at radius 1 is 1.06 bits per heavy atom. The van der Waals surface area contributed by atoms with Gasteiger partial charge in [-0.25, -0.2) is 13.4 Å². The highest BCUT2D eigenvalue weighted by atomic mass is 79.9. The Hall–Kier alpha value is -1.26. The third-order valence-corrected chi connectivity index (χ3v) is 9.77. The first-order valence-corrected chi connectivity index (χ1v) is 14.2. The van der Waals surface area contributed by atoms with Gasteiger partial charge in [-0.05, 0) is 82.4 Å². The molecule has 0 amide bonds. The fraction of sp³-hybridized carbons (Fsp3) is 0.391. The third kappa shape index (κ3) is 4.43. The number of imidazole rings is 1. The van der Waals surface area contributed by atoms with Crippen LogP contribution >= 0.6 is 43.5 Å². The van der Waals surface area contributed by atoms with Crippen molar-refractivity contribution < 1.29 is 8.42 Å². The van der Waals surface area contributed by atoms with Crippen molar-refractivity contribution >= 4 is 53.5 Å². The minimum absolute atomic E-state index is 0.0805. The van der Waals surface area contributed by atoms with Gasteiger partial charge in [0.1, 0.15) is 0 Å². The van der Waals surface area contributed by atoms with Crippen LogP contribution in [0.1, 0.15) is 41.1 Å². The SMILES string of the molecule is Cn1cnc(S(=O)(=O)N2CCC([C@H]3c4ncc(Br)cc4CCc4cc(Cl)cc(Br)c43)CC2)c1. The van der Waals surface area contributed by atoms with Crippen molar-refractivity contribution in [1.82, 2.24) is 18.8 Å². The smallest absolute Gasteiger partial charge is 0.262 e. The van der Waals surface area contributed by atoms with E-state index >= 15 is 0 Å². The van der Waals surface area contributed by atoms with Gasteiger partial charge in [0.25, 0.3) is 10.0 Å². The summed E-state index contributed by atoms with van der Waals surface area (Å²) in [6, 6.07) is 6.19. The van der Waals surface area contributed by atoms with E-state index in [1.165, 1.54) is 23.0 Å². The van der Waals surface area contributed by atoms with Crippen LogP contribution in [0.3, 0.4) is 0 Å². The molecule has 5 rings (SSSR count). The fourth-order valence-corrected chi connectivity index (χ4v) is 8.07. The minimum Gasteiger partial charge on any atom is -0.339 e. The molecule has 0 N–H and O–H groups in total. The number of piperidine rings is 1. The maximum atomic E-state index is 13.1. The van der Waals surface area contributed by atoms with Gasteiger partial charge in [0.05, 0.1) is 12.0 Å². The molecule has 0 spiro atoms. The van der Waals surface area contributed by atoms with Gasteiger partial charge in [-0.1, -0.05) is 27.5 Å². The maximum Gasteiger partial charge on any atom is 0.262 e. The van der Waals surface area contributed by atoms with E-state index in [-0.39, 0.29) is 16.9 Å². The van der Waals surface area contributed by atoms with E-state index < -0.39 is 10.0 Å². The van der Waals surface area contributed by atoms with Crippen LogP contribution < -0.4 is 0 Å². The molecule has 0 radical (unpaired) electrons. The van der Waals surface area contributed by atoms with Gasteiger partial charge >= 0.3 is 0 Å². The number of nitrogens with zero attached hydrogens (tertiary/aromatic N) is 4. The zero-order chi connectivity index (χ0) is 23.3. The summed E-state index contributed by atoms with van der Waals surface area (Å²) in [6.07, 6.45) is 8.23. The van der Waals surface area contributed by atoms with E-state index in [4.69, 9.17) is 16.6 Å². The summed E-state index contributed by atoms with van der Waals surface area (Å²) >= 11 is 13.8. The Balaban J connectivity index is 1.50. The van der Waals surface area contributed by atoms with Crippen LogP contribution in [0, 0.1) is 5.92 Å². The molecule has 0 bridgehead atoms. The molecular weight excluding hydrogens is 592 g/mol. The average Bonchev–Trinajstić information content (AvgIpc) is 3.15. The minimum atomic E-state index is -3.59. The number of halogens is 3. The second-order valence-corrected chi connectivity index (χ2v) is 12.8. The lowest BCUT2D eigenvalue weighted by atomic mass is 9.77. The Morgan fingerprint density at radius 2 is 1.79 bits per heavy atom. The summed E-state index contributed by atoms with van der Waals surface area (Å²) in [5.74, 6) is 0.346. The molecule has 33 heavy (non-hydrogen) atoms. The topological polar surface area (TPSA) is 68.1 Å². The monoisotopic (exact) mass is 612 g/mol. The van der Waals surface area contributed by atoms with Crippen LogP contribution in [0.25, 0.3) is 0 Å². The van der Waals surface area contributed by atoms with Crippen LogP contribution in [0.5, 0.6) is 0 Å². The summed E-state index contributed by atoms with van der Waals surface area (Å²) in [7, 11) is -1.82. The zero-order valence-electron chi connectivity index (χ0n) is 18.0. The molecule has 1 saturated heterocycles. The van der Waals surface area contributed by atoms with Gasteiger partial charge < -0.3 is 4.57 Å². The van der Waals surface area contributed by atoms with Gasteiger partial charge in [-0.2, -0.15) is 4.31 Å². The van der Waals surface area contributed by atoms with Gasteiger partial charge in [0.15, 0.2) is 5.03 Å². The molecular formula is C23H23Br2ClN4O2S. The number of hydrogen-bond donors (Lipinski definition) is 0. The molecule has 0 saturated carbocycles. The molecule has 3 heterocycles. The van der Waals surface area contributed by atoms with Gasteiger partial charge in [-0.3, -0.25) is 4.98 Å². The number of aryl methyl sites for hydroxylation is 3. The molecule has 1 aliphatic heterocycles. The molecule has 6 nitrogen and oxygen atoms in total. The summed E-state index contributed by atoms with van der Waals surface area (Å²) < 4.78 is 31.3.